The summed E-state index contributed by atoms with van der Waals surface area (Å²) in [6.07, 6.45) is 6.27. The quantitative estimate of drug-likeness (QED) is 0.742. The number of piperidine rings is 1. The molecule has 1 aromatic heterocycles. The largest absolute Gasteiger partial charge is 0.497 e. The minimum absolute atomic E-state index is 0. The second-order valence-corrected chi connectivity index (χ2v) is 7.83. The van der Waals surface area contributed by atoms with Crippen LogP contribution in [0.1, 0.15) is 47.4 Å². The van der Waals surface area contributed by atoms with Gasteiger partial charge in [0.2, 0.25) is 0 Å². The lowest BCUT2D eigenvalue weighted by Gasteiger charge is -2.32. The lowest BCUT2D eigenvalue weighted by Crippen LogP contribution is -2.40. The van der Waals surface area contributed by atoms with Crippen molar-refractivity contribution < 1.29 is 14.3 Å². The molecular weight excluding hydrogens is 390 g/mol. The fraction of sp³-hybridized carbons (Fsp3) is 0.545. The van der Waals surface area contributed by atoms with Crippen molar-refractivity contribution in [3.63, 3.8) is 0 Å². The van der Waals surface area contributed by atoms with E-state index >= 15 is 0 Å². The average Bonchev–Trinajstić information content (AvgIpc) is 3.08. The Morgan fingerprint density at radius 3 is 2.45 bits per heavy atom. The molecule has 2 aromatic rings. The van der Waals surface area contributed by atoms with E-state index in [2.05, 4.69) is 5.10 Å². The van der Waals surface area contributed by atoms with Gasteiger partial charge < -0.3 is 14.4 Å². The molecule has 0 atom stereocenters. The minimum atomic E-state index is 0. The molecule has 0 spiro atoms. The first-order valence-corrected chi connectivity index (χ1v) is 10.3. The van der Waals surface area contributed by atoms with Crippen LogP contribution in [0.2, 0.25) is 0 Å². The molecule has 0 bridgehead atoms. The van der Waals surface area contributed by atoms with Gasteiger partial charge in [0.1, 0.15) is 17.2 Å². The monoisotopic (exact) mass is 419 g/mol. The van der Waals surface area contributed by atoms with E-state index in [1.165, 1.54) is 12.0 Å². The van der Waals surface area contributed by atoms with Crippen LogP contribution in [-0.2, 0) is 19.9 Å². The molecular formula is C22H30ClN3O3. The number of carbonyl (C=O) groups excluding carboxylic acids is 1. The Morgan fingerprint density at radius 2 is 1.76 bits per heavy atom. The smallest absolute Gasteiger partial charge is 0.272 e. The molecule has 29 heavy (non-hydrogen) atoms. The van der Waals surface area contributed by atoms with Crippen LogP contribution in [-0.4, -0.2) is 47.4 Å². The Labute approximate surface area is 178 Å². The Balaban J connectivity index is 0.00000240. The highest BCUT2D eigenvalue weighted by atomic mass is 35.5. The number of carbonyl (C=O) groups is 1. The molecule has 1 saturated heterocycles. The van der Waals surface area contributed by atoms with E-state index in [4.69, 9.17) is 9.47 Å². The summed E-state index contributed by atoms with van der Waals surface area (Å²) in [4.78, 5) is 15.1. The maximum Gasteiger partial charge on any atom is 0.272 e. The summed E-state index contributed by atoms with van der Waals surface area (Å²) in [5.41, 5.74) is 3.12. The van der Waals surface area contributed by atoms with Gasteiger partial charge in [0, 0.05) is 25.7 Å². The van der Waals surface area contributed by atoms with E-state index in [1.54, 1.807) is 11.8 Å². The third kappa shape index (κ3) is 4.69. The van der Waals surface area contributed by atoms with Crippen molar-refractivity contribution in [2.75, 3.05) is 26.8 Å². The van der Waals surface area contributed by atoms with Crippen LogP contribution in [0.5, 0.6) is 11.5 Å². The highest BCUT2D eigenvalue weighted by molar-refractivity contribution is 5.94. The number of methoxy groups -OCH3 is 1. The number of aromatic nitrogens is 2. The first-order valence-electron chi connectivity index (χ1n) is 10.3. The van der Waals surface area contributed by atoms with Gasteiger partial charge in [-0.3, -0.25) is 9.48 Å². The fourth-order valence-corrected chi connectivity index (χ4v) is 4.29. The zero-order valence-electron chi connectivity index (χ0n) is 17.2. The van der Waals surface area contributed by atoms with Crippen molar-refractivity contribution in [1.29, 1.82) is 0 Å². The third-order valence-electron chi connectivity index (χ3n) is 5.97. The topological polar surface area (TPSA) is 56.6 Å². The number of ether oxygens (including phenoxy) is 2. The summed E-state index contributed by atoms with van der Waals surface area (Å²) in [5.74, 6) is 2.32. The molecule has 1 aliphatic carbocycles. The van der Waals surface area contributed by atoms with Crippen molar-refractivity contribution in [3.05, 3.63) is 41.2 Å². The molecule has 2 aliphatic rings. The maximum absolute atomic E-state index is 13.1. The molecule has 7 heteroatoms. The van der Waals surface area contributed by atoms with E-state index < -0.39 is 0 Å². The van der Waals surface area contributed by atoms with Gasteiger partial charge in [0.15, 0.2) is 0 Å². The minimum Gasteiger partial charge on any atom is -0.497 e. The number of amides is 1. The van der Waals surface area contributed by atoms with Crippen LogP contribution >= 0.6 is 12.4 Å². The molecule has 0 unspecified atom stereocenters. The van der Waals surface area contributed by atoms with Crippen LogP contribution in [0, 0.1) is 5.92 Å². The normalized spacial score (nSPS) is 16.7. The molecule has 158 valence electrons. The molecule has 1 fully saturated rings. The number of halogens is 1. The number of hydrogen-bond acceptors (Lipinski definition) is 4. The summed E-state index contributed by atoms with van der Waals surface area (Å²) in [5, 5.41) is 4.60. The lowest BCUT2D eigenvalue weighted by atomic mass is 9.94. The summed E-state index contributed by atoms with van der Waals surface area (Å²) in [7, 11) is 3.56. The molecule has 1 amide bonds. The number of fused-ring (bicyclic) bond motifs is 1. The Bertz CT molecular complexity index is 827. The van der Waals surface area contributed by atoms with Crippen LogP contribution < -0.4 is 9.47 Å². The van der Waals surface area contributed by atoms with Gasteiger partial charge in [0.25, 0.3) is 5.91 Å². The first kappa shape index (κ1) is 21.5. The van der Waals surface area contributed by atoms with Gasteiger partial charge >= 0.3 is 0 Å². The van der Waals surface area contributed by atoms with Gasteiger partial charge in [0.05, 0.1) is 19.4 Å². The molecule has 0 N–H and O–H groups in total. The van der Waals surface area contributed by atoms with Gasteiger partial charge in [-0.25, -0.2) is 0 Å². The van der Waals surface area contributed by atoms with Crippen molar-refractivity contribution in [2.24, 2.45) is 13.0 Å². The highest BCUT2D eigenvalue weighted by Crippen LogP contribution is 2.27. The first-order chi connectivity index (χ1) is 13.7. The molecule has 4 rings (SSSR count). The predicted molar refractivity (Wildman–Crippen MR) is 114 cm³/mol. The number of benzene rings is 1. The highest BCUT2D eigenvalue weighted by Gasteiger charge is 2.30. The van der Waals surface area contributed by atoms with Gasteiger partial charge in [-0.1, -0.05) is 0 Å². The number of rotatable bonds is 5. The Morgan fingerprint density at radius 1 is 1.10 bits per heavy atom. The molecule has 6 nitrogen and oxygen atoms in total. The summed E-state index contributed by atoms with van der Waals surface area (Å²) >= 11 is 0. The lowest BCUT2D eigenvalue weighted by molar-refractivity contribution is 0.0649. The van der Waals surface area contributed by atoms with E-state index in [-0.39, 0.29) is 18.3 Å². The second kappa shape index (κ2) is 9.53. The second-order valence-electron chi connectivity index (χ2n) is 7.83. The van der Waals surface area contributed by atoms with Crippen molar-refractivity contribution >= 4 is 18.3 Å². The number of hydrogen-bond donors (Lipinski definition) is 0. The van der Waals surface area contributed by atoms with E-state index in [0.29, 0.717) is 12.5 Å². The molecule has 2 heterocycles. The van der Waals surface area contributed by atoms with Gasteiger partial charge in [-0.05, 0) is 68.7 Å². The Kier molecular flexibility index (Phi) is 7.06. The molecule has 1 aromatic carbocycles. The summed E-state index contributed by atoms with van der Waals surface area (Å²) < 4.78 is 12.9. The molecule has 1 aliphatic heterocycles. The van der Waals surface area contributed by atoms with Gasteiger partial charge in [-0.2, -0.15) is 5.10 Å². The van der Waals surface area contributed by atoms with E-state index in [0.717, 1.165) is 68.1 Å². The standard InChI is InChI=1S/C22H29N3O3.ClH/c1-24-21(19-5-3-4-6-20(19)23-24)22(26)25-13-11-16(12-14-25)15-28-18-9-7-17(27-2)8-10-18;/h7-10,16H,3-6,11-15H2,1-2H3;1H. The zero-order valence-corrected chi connectivity index (χ0v) is 18.0. The van der Waals surface area contributed by atoms with Crippen molar-refractivity contribution in [1.82, 2.24) is 14.7 Å². The van der Waals surface area contributed by atoms with E-state index in [1.807, 2.05) is 36.2 Å². The SMILES string of the molecule is COc1ccc(OCC2CCN(C(=O)c3c4c(nn3C)CCCC4)CC2)cc1.Cl. The summed E-state index contributed by atoms with van der Waals surface area (Å²) in [6.45, 7) is 2.26. The fourth-order valence-electron chi connectivity index (χ4n) is 4.29. The third-order valence-corrected chi connectivity index (χ3v) is 5.97. The predicted octanol–water partition coefficient (Wildman–Crippen LogP) is 3.66. The van der Waals surface area contributed by atoms with Gasteiger partial charge in [-0.15, -0.1) is 12.4 Å². The zero-order chi connectivity index (χ0) is 19.5. The number of aryl methyl sites for hydroxylation is 2. The van der Waals surface area contributed by atoms with Crippen LogP contribution in [0.3, 0.4) is 0 Å². The van der Waals surface area contributed by atoms with Crippen LogP contribution in [0.25, 0.3) is 0 Å². The molecule has 0 radical (unpaired) electrons. The van der Waals surface area contributed by atoms with Crippen molar-refractivity contribution in [2.45, 2.75) is 38.5 Å². The van der Waals surface area contributed by atoms with Crippen molar-refractivity contribution in [3.8, 4) is 11.5 Å². The Hall–Kier alpha value is -2.21. The summed E-state index contributed by atoms with van der Waals surface area (Å²) in [6, 6.07) is 7.68. The van der Waals surface area contributed by atoms with E-state index in [9.17, 15) is 4.79 Å². The number of nitrogens with zero attached hydrogens (tertiary/aromatic N) is 3. The average molecular weight is 420 g/mol. The van der Waals surface area contributed by atoms with Crippen LogP contribution in [0.15, 0.2) is 24.3 Å². The van der Waals surface area contributed by atoms with Crippen LogP contribution in [0.4, 0.5) is 0 Å². The maximum atomic E-state index is 13.1. The number of likely N-dealkylation sites (tertiary alicyclic amines) is 1. The molecule has 0 saturated carbocycles.